The minimum absolute atomic E-state index is 0.650. The van der Waals surface area contributed by atoms with Crippen LogP contribution < -0.4 is 0 Å². The number of hydrogen-bond acceptors (Lipinski definition) is 25. The third-order valence-corrected chi connectivity index (χ3v) is 8.74. The van der Waals surface area contributed by atoms with Crippen molar-refractivity contribution >= 4 is 73.4 Å². The number of hydrogen-bond donors (Lipinski definition) is 7. The molecule has 0 bridgehead atoms. The van der Waals surface area contributed by atoms with Gasteiger partial charge in [-0.2, -0.15) is 50.5 Å². The van der Waals surface area contributed by atoms with Gasteiger partial charge in [0.15, 0.2) is 12.4 Å². The van der Waals surface area contributed by atoms with E-state index in [9.17, 15) is 72.6 Å². The van der Waals surface area contributed by atoms with Gasteiger partial charge in [0.25, 0.3) is 11.0 Å². The smallest absolute Gasteiger partial charge is 0.376 e. The van der Waals surface area contributed by atoms with Gasteiger partial charge in [-0.15, -0.1) is 0 Å². The van der Waals surface area contributed by atoms with Crippen LogP contribution in [0, 0.1) is 0 Å². The fourth-order valence-electron chi connectivity index (χ4n) is 4.02. The van der Waals surface area contributed by atoms with Gasteiger partial charge in [0.05, 0.1) is 19.8 Å². The summed E-state index contributed by atoms with van der Waals surface area (Å²) in [6, 6.07) is 0. The van der Waals surface area contributed by atoms with E-state index in [1.54, 1.807) is 0 Å². The predicted octanol–water partition coefficient (Wildman–Crippen LogP) is -5.94. The summed E-state index contributed by atoms with van der Waals surface area (Å²) in [6.45, 7) is -4.83. The van der Waals surface area contributed by atoms with E-state index in [2.05, 4.69) is 29.3 Å². The van der Waals surface area contributed by atoms with E-state index in [0.29, 0.717) is 14.2 Å². The maximum atomic E-state index is 11.7. The molecule has 6 N–H and O–H groups in total. The van der Waals surface area contributed by atoms with Crippen molar-refractivity contribution in [3.05, 3.63) is 0 Å². The van der Waals surface area contributed by atoms with Crippen LogP contribution in [0.2, 0.25) is 0 Å². The summed E-state index contributed by atoms with van der Waals surface area (Å²) in [5, 5.41) is 0. The number of ether oxygens (including phenoxy) is 4. The zero-order valence-electron chi connectivity index (χ0n) is 25.1. The van der Waals surface area contributed by atoms with Crippen LogP contribution in [0.15, 0.2) is 0 Å². The molecule has 312 valence electrons. The van der Waals surface area contributed by atoms with Crippen LogP contribution in [-0.2, 0) is 122 Å². The maximum absolute atomic E-state index is 11.7. The summed E-state index contributed by atoms with van der Waals surface area (Å²) >= 11 is 0. The maximum Gasteiger partial charge on any atom is 0.397 e. The Labute approximate surface area is 296 Å². The Morgan fingerprint density at radius 3 is 1.37 bits per heavy atom. The molecule has 0 saturated carbocycles. The normalized spacial score (nSPS) is 25.1. The molecule has 0 aliphatic carbocycles. The van der Waals surface area contributed by atoms with Gasteiger partial charge >= 0.3 is 62.4 Å². The van der Waals surface area contributed by atoms with E-state index >= 15 is 0 Å². The molecular formula is C14H28O31S7. The highest BCUT2D eigenvalue weighted by molar-refractivity contribution is 7.82. The minimum Gasteiger partial charge on any atom is -0.376 e. The Morgan fingerprint density at radius 1 is 0.577 bits per heavy atom. The first-order valence-corrected chi connectivity index (χ1v) is 21.5. The van der Waals surface area contributed by atoms with Crippen molar-refractivity contribution in [1.29, 1.82) is 0 Å². The van der Waals surface area contributed by atoms with Crippen molar-refractivity contribution in [2.75, 3.05) is 34.0 Å². The largest absolute Gasteiger partial charge is 0.397 e. The summed E-state index contributed by atoms with van der Waals surface area (Å²) in [5.41, 5.74) is 0. The molecule has 0 aromatic rings. The van der Waals surface area contributed by atoms with Crippen molar-refractivity contribution in [1.82, 2.24) is 0 Å². The molecule has 1 aliphatic heterocycles. The molecule has 0 aromatic carbocycles. The lowest BCUT2D eigenvalue weighted by Crippen LogP contribution is -2.63. The van der Waals surface area contributed by atoms with E-state index in [1.165, 1.54) is 0 Å². The quantitative estimate of drug-likeness (QED) is 0.0350. The van der Waals surface area contributed by atoms with Crippen LogP contribution in [0.25, 0.3) is 0 Å². The Hall–Kier alpha value is -1.03. The molecular weight excluding hydrogens is 889 g/mol. The Bertz CT molecular complexity index is 1910. The third kappa shape index (κ3) is 19.5. The van der Waals surface area contributed by atoms with Gasteiger partial charge in [0, 0.05) is 14.2 Å². The first-order valence-electron chi connectivity index (χ1n) is 12.2. The van der Waals surface area contributed by atoms with Gasteiger partial charge in [-0.05, 0) is 0 Å². The fourth-order valence-corrected chi connectivity index (χ4v) is 7.03. The molecule has 0 amide bonds. The van der Waals surface area contributed by atoms with Gasteiger partial charge in [-0.25, -0.2) is 33.5 Å². The lowest BCUT2D eigenvalue weighted by Gasteiger charge is -2.43. The molecule has 31 nitrogen and oxygen atoms in total. The molecule has 0 radical (unpaired) electrons. The highest BCUT2D eigenvalue weighted by atomic mass is 32.3. The molecule has 0 spiro atoms. The van der Waals surface area contributed by atoms with Gasteiger partial charge in [-0.1, -0.05) is 0 Å². The average Bonchev–Trinajstić information content (AvgIpc) is 2.90. The van der Waals surface area contributed by atoms with Crippen LogP contribution in [-0.4, -0.2) is 175 Å². The van der Waals surface area contributed by atoms with Crippen molar-refractivity contribution in [3.8, 4) is 0 Å². The van der Waals surface area contributed by atoms with E-state index in [4.69, 9.17) is 32.6 Å². The van der Waals surface area contributed by atoms with Crippen LogP contribution in [0.3, 0.4) is 0 Å². The van der Waals surface area contributed by atoms with E-state index in [0.717, 1.165) is 0 Å². The fraction of sp³-hybridized carbons (Fsp3) is 1.00. The van der Waals surface area contributed by atoms with Crippen molar-refractivity contribution in [2.24, 2.45) is 0 Å². The van der Waals surface area contributed by atoms with Gasteiger partial charge < -0.3 is 18.9 Å². The van der Waals surface area contributed by atoms with Crippen LogP contribution in [0.1, 0.15) is 0 Å². The van der Waals surface area contributed by atoms with Gasteiger partial charge in [0.1, 0.15) is 42.7 Å². The Balaban J connectivity index is 3.86. The van der Waals surface area contributed by atoms with Crippen molar-refractivity contribution in [2.45, 2.75) is 55.1 Å². The minimum atomic E-state index is -5.89. The molecule has 0 aromatic heterocycles. The van der Waals surface area contributed by atoms with Gasteiger partial charge in [0.2, 0.25) is 0 Å². The topological polar surface area (TPSA) is 462 Å². The molecule has 52 heavy (non-hydrogen) atoms. The SMILES string of the molecule is CO[C@@H]([C@H](OC)[C@@H](COS(=O)(=O)O)OS(=O)(=O)O)[C@@H](CO[C@@H]1O[C@H](COS(=O)(=O)O)[C@@H](O[SH](=O)=O)[C@H](OS(=O)(=O)O)[C@H]1OS(=O)(=O)O)OS(=O)(=O)O. The number of methoxy groups -OCH3 is 2. The molecule has 1 saturated heterocycles. The van der Waals surface area contributed by atoms with Gasteiger partial charge in [-0.3, -0.25) is 31.5 Å². The van der Waals surface area contributed by atoms with E-state index < -0.39 is 148 Å². The summed E-state index contributed by atoms with van der Waals surface area (Å²) in [6.07, 6.45) is -23.4. The summed E-state index contributed by atoms with van der Waals surface area (Å²) in [5.74, 6) is 0. The monoisotopic (exact) mass is 916 g/mol. The second-order valence-corrected chi connectivity index (χ2v) is 16.1. The molecule has 1 fully saturated rings. The molecule has 9 atom stereocenters. The summed E-state index contributed by atoms with van der Waals surface area (Å²) in [4.78, 5) is 0. The standard InChI is InChI=1S/C14H28O31S7/c1-35-9(10(36-2)8(43-50(26,27)28)5-39-48(20,21)22)7(42-49(23,24)25)3-37-14-13(45-52(32,33)34)12(44-51(29,30)31)11(41-46(15)16)6(40-14)4-38-47(17,18)19/h6-14,46H,3-5H2,1-2H3,(H,17,18,19)(H,20,21,22)(H,23,24,25)(H,26,27,28)(H,29,30,31)(H,32,33,34)/t6-,7-,8-,9-,10-,11-,12+,13-,14-/m1/s1. The summed E-state index contributed by atoms with van der Waals surface area (Å²) < 4.78 is 265. The zero-order chi connectivity index (χ0) is 40.7. The molecule has 1 heterocycles. The first-order chi connectivity index (χ1) is 23.2. The zero-order valence-corrected chi connectivity index (χ0v) is 30.9. The number of thiol groups is 1. The lowest BCUT2D eigenvalue weighted by molar-refractivity contribution is -0.292. The Morgan fingerprint density at radius 2 is 1.00 bits per heavy atom. The molecule has 38 heteroatoms. The highest BCUT2D eigenvalue weighted by Gasteiger charge is 2.54. The predicted molar refractivity (Wildman–Crippen MR) is 152 cm³/mol. The Kier molecular flexibility index (Phi) is 18.1. The second-order valence-electron chi connectivity index (χ2n) is 9.10. The van der Waals surface area contributed by atoms with Crippen LogP contribution in [0.5, 0.6) is 0 Å². The lowest BCUT2D eigenvalue weighted by atomic mass is 9.99. The molecule has 0 unspecified atom stereocenters. The molecule has 1 rings (SSSR count). The van der Waals surface area contributed by atoms with Crippen LogP contribution in [0.4, 0.5) is 0 Å². The number of rotatable bonds is 24. The highest BCUT2D eigenvalue weighted by Crippen LogP contribution is 2.32. The molecule has 1 aliphatic rings. The summed E-state index contributed by atoms with van der Waals surface area (Å²) in [7, 11) is -36.9. The average molecular weight is 917 g/mol. The van der Waals surface area contributed by atoms with Crippen molar-refractivity contribution < 1.29 is 134 Å². The van der Waals surface area contributed by atoms with E-state index in [1.807, 2.05) is 0 Å². The van der Waals surface area contributed by atoms with Crippen LogP contribution >= 0.6 is 0 Å². The third-order valence-electron chi connectivity index (χ3n) is 5.54. The first kappa shape index (κ1) is 49.0. The second kappa shape index (κ2) is 19.2. The van der Waals surface area contributed by atoms with Crippen molar-refractivity contribution in [3.63, 3.8) is 0 Å². The van der Waals surface area contributed by atoms with E-state index in [-0.39, 0.29) is 0 Å².